The fourth-order valence-electron chi connectivity index (χ4n) is 3.56. The van der Waals surface area contributed by atoms with Gasteiger partial charge in [0.1, 0.15) is 5.82 Å². The van der Waals surface area contributed by atoms with E-state index in [0.29, 0.717) is 18.3 Å². The summed E-state index contributed by atoms with van der Waals surface area (Å²) in [6.45, 7) is 8.34. The second-order valence-electron chi connectivity index (χ2n) is 7.40. The van der Waals surface area contributed by atoms with Crippen LogP contribution in [0.3, 0.4) is 0 Å². The Hall–Kier alpha value is -2.57. The van der Waals surface area contributed by atoms with Gasteiger partial charge in [-0.15, -0.1) is 0 Å². The van der Waals surface area contributed by atoms with Crippen LogP contribution in [0, 0.1) is 12.7 Å². The molecule has 1 fully saturated rings. The molecule has 0 saturated carbocycles. The van der Waals surface area contributed by atoms with Gasteiger partial charge in [0, 0.05) is 43.9 Å². The Kier molecular flexibility index (Phi) is 5.50. The minimum absolute atomic E-state index is 0.0577. The van der Waals surface area contributed by atoms with Gasteiger partial charge < -0.3 is 4.52 Å². The molecular formula is C22H25FN4O. The number of hydrogen-bond donors (Lipinski definition) is 0. The first-order valence-corrected chi connectivity index (χ1v) is 9.70. The number of benzene rings is 2. The standard InChI is InChI=1S/C22H25FN4O/c1-16-7-9-18(10-8-16)21-24-22(28-25-21)17(2)27-13-11-26(12-14-27)15-19-5-3-4-6-20(19)23/h3-10,17H,11-15H2,1-2H3. The Morgan fingerprint density at radius 3 is 2.46 bits per heavy atom. The summed E-state index contributed by atoms with van der Waals surface area (Å²) in [7, 11) is 0. The Labute approximate surface area is 164 Å². The average Bonchev–Trinajstić information content (AvgIpc) is 3.20. The van der Waals surface area contributed by atoms with Gasteiger partial charge in [0.2, 0.25) is 11.7 Å². The number of aromatic nitrogens is 2. The van der Waals surface area contributed by atoms with Crippen molar-refractivity contribution in [2.24, 2.45) is 0 Å². The van der Waals surface area contributed by atoms with Crippen LogP contribution in [-0.2, 0) is 6.54 Å². The van der Waals surface area contributed by atoms with Crippen LogP contribution in [0.1, 0.15) is 30.0 Å². The summed E-state index contributed by atoms with van der Waals surface area (Å²) >= 11 is 0. The number of rotatable bonds is 5. The van der Waals surface area contributed by atoms with Crippen LogP contribution < -0.4 is 0 Å². The summed E-state index contributed by atoms with van der Waals surface area (Å²) in [5, 5.41) is 4.15. The number of hydrogen-bond acceptors (Lipinski definition) is 5. The zero-order valence-corrected chi connectivity index (χ0v) is 16.3. The minimum atomic E-state index is -0.132. The summed E-state index contributed by atoms with van der Waals surface area (Å²) in [6, 6.07) is 15.2. The molecule has 4 rings (SSSR count). The first-order valence-electron chi connectivity index (χ1n) is 9.70. The van der Waals surface area contributed by atoms with E-state index in [2.05, 4.69) is 33.8 Å². The maximum atomic E-state index is 13.9. The van der Waals surface area contributed by atoms with Gasteiger partial charge in [0.05, 0.1) is 6.04 Å². The first kappa shape index (κ1) is 18.8. The van der Waals surface area contributed by atoms with Crippen LogP contribution in [-0.4, -0.2) is 46.1 Å². The highest BCUT2D eigenvalue weighted by molar-refractivity contribution is 5.54. The molecule has 0 amide bonds. The molecule has 146 valence electrons. The van der Waals surface area contributed by atoms with Crippen molar-refractivity contribution in [3.05, 3.63) is 71.4 Å². The van der Waals surface area contributed by atoms with Crippen molar-refractivity contribution in [2.75, 3.05) is 26.2 Å². The molecule has 0 radical (unpaired) electrons. The predicted molar refractivity (Wildman–Crippen MR) is 106 cm³/mol. The number of nitrogens with zero attached hydrogens (tertiary/aromatic N) is 4. The zero-order chi connectivity index (χ0) is 19.5. The third kappa shape index (κ3) is 4.13. The third-order valence-corrected chi connectivity index (χ3v) is 5.42. The Morgan fingerprint density at radius 1 is 1.04 bits per heavy atom. The zero-order valence-electron chi connectivity index (χ0n) is 16.3. The minimum Gasteiger partial charge on any atom is -0.337 e. The summed E-state index contributed by atoms with van der Waals surface area (Å²) in [4.78, 5) is 9.22. The highest BCUT2D eigenvalue weighted by atomic mass is 19.1. The second kappa shape index (κ2) is 8.20. The molecule has 2 heterocycles. The van der Waals surface area contributed by atoms with Gasteiger partial charge in [0.25, 0.3) is 0 Å². The summed E-state index contributed by atoms with van der Waals surface area (Å²) in [5.41, 5.74) is 2.92. The van der Waals surface area contributed by atoms with E-state index in [0.717, 1.165) is 37.3 Å². The fraction of sp³-hybridized carbons (Fsp3) is 0.364. The van der Waals surface area contributed by atoms with Crippen LogP contribution >= 0.6 is 0 Å². The Balaban J connectivity index is 1.36. The maximum Gasteiger partial charge on any atom is 0.244 e. The van der Waals surface area contributed by atoms with Gasteiger partial charge in [-0.3, -0.25) is 9.80 Å². The molecule has 1 aromatic heterocycles. The van der Waals surface area contributed by atoms with Crippen LogP contribution in [0.25, 0.3) is 11.4 Å². The first-order chi connectivity index (χ1) is 13.6. The molecule has 5 nitrogen and oxygen atoms in total. The SMILES string of the molecule is Cc1ccc(-c2noc(C(C)N3CCN(Cc4ccccc4F)CC3)n2)cc1. The molecule has 28 heavy (non-hydrogen) atoms. The van der Waals surface area contributed by atoms with Crippen LogP contribution in [0.4, 0.5) is 4.39 Å². The molecule has 0 N–H and O–H groups in total. The van der Waals surface area contributed by atoms with Crippen LogP contribution in [0.5, 0.6) is 0 Å². The molecule has 3 aromatic rings. The van der Waals surface area contributed by atoms with Gasteiger partial charge in [-0.25, -0.2) is 4.39 Å². The highest BCUT2D eigenvalue weighted by Gasteiger charge is 2.26. The Morgan fingerprint density at radius 2 is 1.75 bits per heavy atom. The average molecular weight is 380 g/mol. The van der Waals surface area contributed by atoms with Crippen molar-refractivity contribution in [2.45, 2.75) is 26.4 Å². The second-order valence-corrected chi connectivity index (χ2v) is 7.40. The molecule has 1 aliphatic rings. The lowest BCUT2D eigenvalue weighted by Gasteiger charge is -2.36. The lowest BCUT2D eigenvalue weighted by atomic mass is 10.1. The van der Waals surface area contributed by atoms with Crippen LogP contribution in [0.15, 0.2) is 53.1 Å². The molecule has 1 aliphatic heterocycles. The van der Waals surface area contributed by atoms with E-state index >= 15 is 0 Å². The quantitative estimate of drug-likeness (QED) is 0.668. The number of piperazine rings is 1. The van der Waals surface area contributed by atoms with E-state index in [1.807, 2.05) is 36.4 Å². The number of aryl methyl sites for hydroxylation is 1. The van der Waals surface area contributed by atoms with Crippen molar-refractivity contribution in [1.82, 2.24) is 19.9 Å². The lowest BCUT2D eigenvalue weighted by molar-refractivity contribution is 0.0839. The van der Waals surface area contributed by atoms with Gasteiger partial charge in [-0.05, 0) is 19.9 Å². The molecule has 1 atom stereocenters. The summed E-state index contributed by atoms with van der Waals surface area (Å²) in [5.74, 6) is 1.13. The molecule has 2 aromatic carbocycles. The largest absolute Gasteiger partial charge is 0.337 e. The van der Waals surface area contributed by atoms with E-state index in [-0.39, 0.29) is 11.9 Å². The van der Waals surface area contributed by atoms with E-state index in [1.165, 1.54) is 11.6 Å². The summed E-state index contributed by atoms with van der Waals surface area (Å²) in [6.07, 6.45) is 0. The topological polar surface area (TPSA) is 45.4 Å². The predicted octanol–water partition coefficient (Wildman–Crippen LogP) is 4.06. The number of halogens is 1. The monoisotopic (exact) mass is 380 g/mol. The Bertz CT molecular complexity index is 916. The fourth-order valence-corrected chi connectivity index (χ4v) is 3.56. The lowest BCUT2D eigenvalue weighted by Crippen LogP contribution is -2.46. The molecule has 1 saturated heterocycles. The van der Waals surface area contributed by atoms with E-state index in [1.54, 1.807) is 6.07 Å². The smallest absolute Gasteiger partial charge is 0.244 e. The molecule has 6 heteroatoms. The summed E-state index contributed by atoms with van der Waals surface area (Å²) < 4.78 is 19.4. The normalized spacial score (nSPS) is 17.0. The molecule has 0 aliphatic carbocycles. The highest BCUT2D eigenvalue weighted by Crippen LogP contribution is 2.24. The van der Waals surface area contributed by atoms with E-state index < -0.39 is 0 Å². The van der Waals surface area contributed by atoms with Crippen molar-refractivity contribution in [3.8, 4) is 11.4 Å². The third-order valence-electron chi connectivity index (χ3n) is 5.42. The molecule has 1 unspecified atom stereocenters. The van der Waals surface area contributed by atoms with E-state index in [4.69, 9.17) is 4.52 Å². The van der Waals surface area contributed by atoms with Gasteiger partial charge in [-0.2, -0.15) is 4.98 Å². The molecular weight excluding hydrogens is 355 g/mol. The molecule has 0 bridgehead atoms. The van der Waals surface area contributed by atoms with Crippen molar-refractivity contribution in [1.29, 1.82) is 0 Å². The van der Waals surface area contributed by atoms with Gasteiger partial charge in [-0.1, -0.05) is 53.2 Å². The van der Waals surface area contributed by atoms with Gasteiger partial charge >= 0.3 is 0 Å². The maximum absolute atomic E-state index is 13.9. The van der Waals surface area contributed by atoms with Crippen molar-refractivity contribution < 1.29 is 8.91 Å². The van der Waals surface area contributed by atoms with E-state index in [9.17, 15) is 4.39 Å². The van der Waals surface area contributed by atoms with Crippen LogP contribution in [0.2, 0.25) is 0 Å². The van der Waals surface area contributed by atoms with Crippen molar-refractivity contribution in [3.63, 3.8) is 0 Å². The van der Waals surface area contributed by atoms with Crippen molar-refractivity contribution >= 4 is 0 Å². The van der Waals surface area contributed by atoms with Gasteiger partial charge in [0.15, 0.2) is 0 Å². The molecule has 0 spiro atoms.